The van der Waals surface area contributed by atoms with E-state index in [4.69, 9.17) is 0 Å². The van der Waals surface area contributed by atoms with E-state index in [9.17, 15) is 0 Å². The van der Waals surface area contributed by atoms with Crippen LogP contribution >= 0.6 is 0 Å². The molecule has 0 bridgehead atoms. The predicted molar refractivity (Wildman–Crippen MR) is 85.7 cm³/mol. The maximum atomic E-state index is 4.18. The molecule has 106 valence electrons. The smallest absolute Gasteiger partial charge is 0.0695 e. The van der Waals surface area contributed by atoms with Gasteiger partial charge in [0.2, 0.25) is 0 Å². The van der Waals surface area contributed by atoms with Crippen LogP contribution in [0.25, 0.3) is 11.3 Å². The van der Waals surface area contributed by atoms with Crippen molar-refractivity contribution in [2.24, 2.45) is 0 Å². The highest BCUT2D eigenvalue weighted by Crippen LogP contribution is 2.20. The molecule has 0 aliphatic carbocycles. The SMILES string of the molecule is Cc1ccccc1CNCc1cn[nH]c1-c1ccccc1. The maximum Gasteiger partial charge on any atom is 0.0695 e. The van der Waals surface area contributed by atoms with Gasteiger partial charge in [-0.1, -0.05) is 54.6 Å². The summed E-state index contributed by atoms with van der Waals surface area (Å²) in [7, 11) is 0. The Balaban J connectivity index is 1.67. The summed E-state index contributed by atoms with van der Waals surface area (Å²) in [6, 6.07) is 18.8. The number of aromatic nitrogens is 2. The highest BCUT2D eigenvalue weighted by molar-refractivity contribution is 5.62. The van der Waals surface area contributed by atoms with Crippen LogP contribution in [-0.4, -0.2) is 10.2 Å². The summed E-state index contributed by atoms with van der Waals surface area (Å²) in [5.41, 5.74) is 6.10. The summed E-state index contributed by atoms with van der Waals surface area (Å²) in [6.07, 6.45) is 1.90. The van der Waals surface area contributed by atoms with Crippen molar-refractivity contribution in [1.82, 2.24) is 15.5 Å². The molecule has 0 spiro atoms. The van der Waals surface area contributed by atoms with Crippen LogP contribution in [0, 0.1) is 6.92 Å². The first-order valence-electron chi connectivity index (χ1n) is 7.17. The lowest BCUT2D eigenvalue weighted by Crippen LogP contribution is -2.13. The lowest BCUT2D eigenvalue weighted by Gasteiger charge is -2.08. The van der Waals surface area contributed by atoms with Crippen LogP contribution in [0.2, 0.25) is 0 Å². The van der Waals surface area contributed by atoms with E-state index in [1.165, 1.54) is 22.3 Å². The largest absolute Gasteiger partial charge is 0.308 e. The van der Waals surface area contributed by atoms with E-state index in [-0.39, 0.29) is 0 Å². The summed E-state index contributed by atoms with van der Waals surface area (Å²) < 4.78 is 0. The minimum atomic E-state index is 0.801. The Kier molecular flexibility index (Phi) is 4.12. The Morgan fingerprint density at radius 3 is 2.43 bits per heavy atom. The Labute approximate surface area is 125 Å². The summed E-state index contributed by atoms with van der Waals surface area (Å²) in [6.45, 7) is 3.81. The van der Waals surface area contributed by atoms with Crippen molar-refractivity contribution in [3.8, 4) is 11.3 Å². The number of aryl methyl sites for hydroxylation is 1. The van der Waals surface area contributed by atoms with Gasteiger partial charge in [-0.15, -0.1) is 0 Å². The Hall–Kier alpha value is -2.39. The Morgan fingerprint density at radius 2 is 1.62 bits per heavy atom. The number of benzene rings is 2. The highest BCUT2D eigenvalue weighted by atomic mass is 15.1. The van der Waals surface area contributed by atoms with Crippen molar-refractivity contribution in [2.75, 3.05) is 0 Å². The second kappa shape index (κ2) is 6.37. The van der Waals surface area contributed by atoms with Crippen molar-refractivity contribution in [3.63, 3.8) is 0 Å². The van der Waals surface area contributed by atoms with Crippen LogP contribution in [0.3, 0.4) is 0 Å². The Morgan fingerprint density at radius 1 is 0.905 bits per heavy atom. The van der Waals surface area contributed by atoms with Gasteiger partial charge in [-0.05, 0) is 23.6 Å². The molecule has 0 aliphatic rings. The molecule has 2 N–H and O–H groups in total. The topological polar surface area (TPSA) is 40.7 Å². The maximum absolute atomic E-state index is 4.18. The third-order valence-corrected chi connectivity index (χ3v) is 3.67. The fourth-order valence-electron chi connectivity index (χ4n) is 2.44. The summed E-state index contributed by atoms with van der Waals surface area (Å²) in [5.74, 6) is 0. The molecular weight excluding hydrogens is 258 g/mol. The average molecular weight is 277 g/mol. The number of nitrogens with zero attached hydrogens (tertiary/aromatic N) is 1. The molecule has 3 heteroatoms. The van der Waals surface area contributed by atoms with E-state index in [1.807, 2.05) is 24.4 Å². The van der Waals surface area contributed by atoms with Crippen molar-refractivity contribution in [2.45, 2.75) is 20.0 Å². The van der Waals surface area contributed by atoms with E-state index < -0.39 is 0 Å². The molecule has 1 aromatic heterocycles. The van der Waals surface area contributed by atoms with E-state index in [1.54, 1.807) is 0 Å². The second-order valence-electron chi connectivity index (χ2n) is 5.17. The molecule has 0 aliphatic heterocycles. The highest BCUT2D eigenvalue weighted by Gasteiger charge is 2.07. The van der Waals surface area contributed by atoms with Gasteiger partial charge in [0.25, 0.3) is 0 Å². The van der Waals surface area contributed by atoms with Gasteiger partial charge in [-0.2, -0.15) is 5.10 Å². The molecule has 0 radical (unpaired) electrons. The third kappa shape index (κ3) is 3.20. The summed E-state index contributed by atoms with van der Waals surface area (Å²) in [5, 5.41) is 10.8. The first-order chi connectivity index (χ1) is 10.3. The molecule has 3 nitrogen and oxygen atoms in total. The molecule has 0 amide bonds. The molecular formula is C18H19N3. The van der Waals surface area contributed by atoms with Gasteiger partial charge in [-0.25, -0.2) is 0 Å². The van der Waals surface area contributed by atoms with Gasteiger partial charge in [0, 0.05) is 18.7 Å². The fourth-order valence-corrected chi connectivity index (χ4v) is 2.44. The molecule has 0 saturated heterocycles. The van der Waals surface area contributed by atoms with E-state index in [2.05, 4.69) is 58.8 Å². The zero-order valence-electron chi connectivity index (χ0n) is 12.1. The molecule has 0 saturated carbocycles. The van der Waals surface area contributed by atoms with Gasteiger partial charge >= 0.3 is 0 Å². The van der Waals surface area contributed by atoms with Crippen LogP contribution in [-0.2, 0) is 13.1 Å². The lowest BCUT2D eigenvalue weighted by molar-refractivity contribution is 0.692. The second-order valence-corrected chi connectivity index (χ2v) is 5.17. The molecule has 1 heterocycles. The summed E-state index contributed by atoms with van der Waals surface area (Å²) >= 11 is 0. The lowest BCUT2D eigenvalue weighted by atomic mass is 10.1. The third-order valence-electron chi connectivity index (χ3n) is 3.67. The first-order valence-corrected chi connectivity index (χ1v) is 7.17. The van der Waals surface area contributed by atoms with Crippen LogP contribution in [0.1, 0.15) is 16.7 Å². The summed E-state index contributed by atoms with van der Waals surface area (Å²) in [4.78, 5) is 0. The monoisotopic (exact) mass is 277 g/mol. The van der Waals surface area contributed by atoms with Gasteiger partial charge in [0.1, 0.15) is 0 Å². The van der Waals surface area contributed by atoms with Gasteiger partial charge in [0.15, 0.2) is 0 Å². The van der Waals surface area contributed by atoms with Gasteiger partial charge in [0.05, 0.1) is 11.9 Å². The first kappa shape index (κ1) is 13.6. The zero-order chi connectivity index (χ0) is 14.5. The number of hydrogen-bond donors (Lipinski definition) is 2. The van der Waals surface area contributed by atoms with Gasteiger partial charge < -0.3 is 5.32 Å². The van der Waals surface area contributed by atoms with Crippen LogP contribution in [0.4, 0.5) is 0 Å². The molecule has 0 fully saturated rings. The van der Waals surface area contributed by atoms with Crippen LogP contribution in [0.15, 0.2) is 60.8 Å². The Bertz CT molecular complexity index is 701. The van der Waals surface area contributed by atoms with E-state index in [0.717, 1.165) is 18.8 Å². The predicted octanol–water partition coefficient (Wildman–Crippen LogP) is 3.67. The quantitative estimate of drug-likeness (QED) is 0.747. The number of hydrogen-bond acceptors (Lipinski definition) is 2. The van der Waals surface area contributed by atoms with Crippen molar-refractivity contribution in [3.05, 3.63) is 77.5 Å². The molecule has 0 unspecified atom stereocenters. The molecule has 0 atom stereocenters. The number of rotatable bonds is 5. The molecule has 3 rings (SSSR count). The normalized spacial score (nSPS) is 10.7. The van der Waals surface area contributed by atoms with Crippen LogP contribution < -0.4 is 5.32 Å². The average Bonchev–Trinajstić information content (AvgIpc) is 2.99. The standard InChI is InChI=1S/C18H19N3/c1-14-7-5-6-10-16(14)11-19-12-17-13-20-21-18(17)15-8-3-2-4-9-15/h2-10,13,19H,11-12H2,1H3,(H,20,21). The molecule has 3 aromatic rings. The fraction of sp³-hybridized carbons (Fsp3) is 0.167. The molecule has 2 aromatic carbocycles. The number of H-pyrrole nitrogens is 1. The molecule has 21 heavy (non-hydrogen) atoms. The van der Waals surface area contributed by atoms with Gasteiger partial charge in [-0.3, -0.25) is 5.10 Å². The van der Waals surface area contributed by atoms with Crippen molar-refractivity contribution in [1.29, 1.82) is 0 Å². The number of nitrogens with one attached hydrogen (secondary N) is 2. The van der Waals surface area contributed by atoms with Crippen molar-refractivity contribution >= 4 is 0 Å². The minimum Gasteiger partial charge on any atom is -0.308 e. The minimum absolute atomic E-state index is 0.801. The van der Waals surface area contributed by atoms with Crippen LogP contribution in [0.5, 0.6) is 0 Å². The number of aromatic amines is 1. The van der Waals surface area contributed by atoms with E-state index >= 15 is 0 Å². The van der Waals surface area contributed by atoms with Crippen molar-refractivity contribution < 1.29 is 0 Å². The van der Waals surface area contributed by atoms with E-state index in [0.29, 0.717) is 0 Å². The zero-order valence-corrected chi connectivity index (χ0v) is 12.1.